The van der Waals surface area contributed by atoms with Crippen molar-refractivity contribution in [3.05, 3.63) is 65.7 Å². The standard InChI is InChI=1S/C18H19NO2/c1-21-16-9-5-6-14(12-16)13-19-17(20)18(10-11-18)15-7-3-2-4-8-15/h2-9,12H,10-11,13H2,1H3,(H,19,20). The number of ether oxygens (including phenoxy) is 1. The van der Waals surface area contributed by atoms with Crippen LogP contribution in [0.15, 0.2) is 54.6 Å². The topological polar surface area (TPSA) is 38.3 Å². The van der Waals surface area contributed by atoms with Crippen molar-refractivity contribution in [2.24, 2.45) is 0 Å². The van der Waals surface area contributed by atoms with Gasteiger partial charge in [-0.1, -0.05) is 42.5 Å². The van der Waals surface area contributed by atoms with Gasteiger partial charge >= 0.3 is 0 Å². The third kappa shape index (κ3) is 2.77. The van der Waals surface area contributed by atoms with Gasteiger partial charge in [0.15, 0.2) is 0 Å². The summed E-state index contributed by atoms with van der Waals surface area (Å²) in [6.45, 7) is 0.532. The molecule has 21 heavy (non-hydrogen) atoms. The molecule has 0 radical (unpaired) electrons. The third-order valence-corrected chi connectivity index (χ3v) is 4.10. The Morgan fingerprint density at radius 3 is 2.57 bits per heavy atom. The predicted octanol–water partition coefficient (Wildman–Crippen LogP) is 3.04. The maximum atomic E-state index is 12.5. The van der Waals surface area contributed by atoms with Crippen molar-refractivity contribution in [3.8, 4) is 5.75 Å². The molecule has 0 unspecified atom stereocenters. The van der Waals surface area contributed by atoms with Crippen molar-refractivity contribution in [1.29, 1.82) is 0 Å². The van der Waals surface area contributed by atoms with Crippen LogP contribution in [0.3, 0.4) is 0 Å². The molecule has 3 heteroatoms. The van der Waals surface area contributed by atoms with Crippen molar-refractivity contribution in [2.45, 2.75) is 24.8 Å². The lowest BCUT2D eigenvalue weighted by atomic mass is 9.95. The zero-order valence-electron chi connectivity index (χ0n) is 12.1. The number of amides is 1. The first-order chi connectivity index (χ1) is 10.2. The Labute approximate surface area is 124 Å². The van der Waals surface area contributed by atoms with Gasteiger partial charge in [-0.2, -0.15) is 0 Å². The Bertz CT molecular complexity index is 633. The summed E-state index contributed by atoms with van der Waals surface area (Å²) < 4.78 is 5.20. The van der Waals surface area contributed by atoms with E-state index in [9.17, 15) is 4.79 Å². The summed E-state index contributed by atoms with van der Waals surface area (Å²) in [5.74, 6) is 0.933. The highest BCUT2D eigenvalue weighted by Crippen LogP contribution is 2.48. The van der Waals surface area contributed by atoms with Crippen LogP contribution in [0.25, 0.3) is 0 Å². The number of rotatable bonds is 5. The fraction of sp³-hybridized carbons (Fsp3) is 0.278. The van der Waals surface area contributed by atoms with E-state index in [0.29, 0.717) is 6.54 Å². The molecular weight excluding hydrogens is 262 g/mol. The molecule has 0 bridgehead atoms. The van der Waals surface area contributed by atoms with Crippen molar-refractivity contribution in [2.75, 3.05) is 7.11 Å². The van der Waals surface area contributed by atoms with Gasteiger partial charge < -0.3 is 10.1 Å². The van der Waals surface area contributed by atoms with Crippen LogP contribution in [0.5, 0.6) is 5.75 Å². The number of carbonyl (C=O) groups excluding carboxylic acids is 1. The Morgan fingerprint density at radius 2 is 1.90 bits per heavy atom. The van der Waals surface area contributed by atoms with Crippen LogP contribution >= 0.6 is 0 Å². The molecule has 1 N–H and O–H groups in total. The second-order valence-corrected chi connectivity index (χ2v) is 5.48. The quantitative estimate of drug-likeness (QED) is 0.914. The fourth-order valence-corrected chi connectivity index (χ4v) is 2.66. The first-order valence-electron chi connectivity index (χ1n) is 7.21. The van der Waals surface area contributed by atoms with Gasteiger partial charge in [0.1, 0.15) is 5.75 Å². The summed E-state index contributed by atoms with van der Waals surface area (Å²) in [7, 11) is 1.65. The summed E-state index contributed by atoms with van der Waals surface area (Å²) in [6.07, 6.45) is 1.86. The molecule has 1 saturated carbocycles. The third-order valence-electron chi connectivity index (χ3n) is 4.10. The monoisotopic (exact) mass is 281 g/mol. The fourth-order valence-electron chi connectivity index (χ4n) is 2.66. The predicted molar refractivity (Wildman–Crippen MR) is 82.2 cm³/mol. The summed E-state index contributed by atoms with van der Waals surface area (Å²) >= 11 is 0. The van der Waals surface area contributed by atoms with Crippen LogP contribution in [0.2, 0.25) is 0 Å². The van der Waals surface area contributed by atoms with Crippen molar-refractivity contribution in [1.82, 2.24) is 5.32 Å². The number of benzene rings is 2. The van der Waals surface area contributed by atoms with Crippen molar-refractivity contribution >= 4 is 5.91 Å². The second kappa shape index (κ2) is 5.60. The van der Waals surface area contributed by atoms with Crippen LogP contribution in [0.1, 0.15) is 24.0 Å². The molecule has 0 aromatic heterocycles. The Kier molecular flexibility index (Phi) is 3.65. The van der Waals surface area contributed by atoms with E-state index >= 15 is 0 Å². The van der Waals surface area contributed by atoms with E-state index in [2.05, 4.69) is 5.32 Å². The van der Waals surface area contributed by atoms with Crippen LogP contribution < -0.4 is 10.1 Å². The van der Waals surface area contributed by atoms with Crippen LogP contribution in [-0.2, 0) is 16.8 Å². The molecule has 0 spiro atoms. The first kappa shape index (κ1) is 13.7. The highest BCUT2D eigenvalue weighted by molar-refractivity contribution is 5.91. The van der Waals surface area contributed by atoms with E-state index < -0.39 is 0 Å². The zero-order chi connectivity index (χ0) is 14.7. The number of methoxy groups -OCH3 is 1. The molecule has 1 fully saturated rings. The van der Waals surface area contributed by atoms with Gasteiger partial charge in [0, 0.05) is 6.54 Å². The maximum Gasteiger partial charge on any atom is 0.230 e. The van der Waals surface area contributed by atoms with Gasteiger partial charge in [-0.3, -0.25) is 4.79 Å². The minimum Gasteiger partial charge on any atom is -0.497 e. The molecule has 0 atom stereocenters. The van der Waals surface area contributed by atoms with E-state index in [-0.39, 0.29) is 11.3 Å². The summed E-state index contributed by atoms with van der Waals surface area (Å²) in [5.41, 5.74) is 1.86. The largest absolute Gasteiger partial charge is 0.497 e. The molecule has 0 saturated heterocycles. The first-order valence-corrected chi connectivity index (χ1v) is 7.21. The number of carbonyl (C=O) groups is 1. The molecule has 1 amide bonds. The van der Waals surface area contributed by atoms with Crippen molar-refractivity contribution < 1.29 is 9.53 Å². The zero-order valence-corrected chi connectivity index (χ0v) is 12.1. The Morgan fingerprint density at radius 1 is 1.14 bits per heavy atom. The Balaban J connectivity index is 1.67. The molecule has 0 aliphatic heterocycles. The summed E-state index contributed by atoms with van der Waals surface area (Å²) in [5, 5.41) is 3.06. The van der Waals surface area contributed by atoms with E-state index in [1.807, 2.05) is 54.6 Å². The van der Waals surface area contributed by atoms with Gasteiger partial charge in [-0.25, -0.2) is 0 Å². The van der Waals surface area contributed by atoms with Crippen LogP contribution in [0, 0.1) is 0 Å². The highest BCUT2D eigenvalue weighted by atomic mass is 16.5. The molecule has 3 nitrogen and oxygen atoms in total. The molecule has 2 aromatic rings. The molecule has 3 rings (SSSR count). The molecule has 108 valence electrons. The average Bonchev–Trinajstić information content (AvgIpc) is 3.35. The average molecular weight is 281 g/mol. The van der Waals surface area contributed by atoms with Gasteiger partial charge in [0.25, 0.3) is 0 Å². The second-order valence-electron chi connectivity index (χ2n) is 5.48. The normalized spacial score (nSPS) is 15.3. The minimum absolute atomic E-state index is 0.122. The van der Waals surface area contributed by atoms with E-state index in [1.165, 1.54) is 0 Å². The number of hydrogen-bond acceptors (Lipinski definition) is 2. The van der Waals surface area contributed by atoms with Gasteiger partial charge in [0.05, 0.1) is 12.5 Å². The van der Waals surface area contributed by atoms with E-state index in [1.54, 1.807) is 7.11 Å². The molecule has 1 aliphatic carbocycles. The van der Waals surface area contributed by atoms with Crippen LogP contribution in [-0.4, -0.2) is 13.0 Å². The lowest BCUT2D eigenvalue weighted by molar-refractivity contribution is -0.123. The van der Waals surface area contributed by atoms with Gasteiger partial charge in [-0.15, -0.1) is 0 Å². The summed E-state index contributed by atoms with van der Waals surface area (Å²) in [6, 6.07) is 17.8. The van der Waals surface area contributed by atoms with Crippen molar-refractivity contribution in [3.63, 3.8) is 0 Å². The molecule has 0 heterocycles. The van der Waals surface area contributed by atoms with Crippen LogP contribution in [0.4, 0.5) is 0 Å². The Hall–Kier alpha value is -2.29. The van der Waals surface area contributed by atoms with Gasteiger partial charge in [0.2, 0.25) is 5.91 Å². The van der Waals surface area contributed by atoms with Gasteiger partial charge in [-0.05, 0) is 36.1 Å². The lowest BCUT2D eigenvalue weighted by Crippen LogP contribution is -2.34. The highest BCUT2D eigenvalue weighted by Gasteiger charge is 2.50. The number of nitrogens with one attached hydrogen (secondary N) is 1. The minimum atomic E-state index is -0.305. The molecule has 1 aliphatic rings. The molecule has 2 aromatic carbocycles. The van der Waals surface area contributed by atoms with E-state index in [0.717, 1.165) is 29.7 Å². The van der Waals surface area contributed by atoms with E-state index in [4.69, 9.17) is 4.74 Å². The smallest absolute Gasteiger partial charge is 0.230 e. The lowest BCUT2D eigenvalue weighted by Gasteiger charge is -2.16. The maximum absolute atomic E-state index is 12.5. The molecular formula is C18H19NO2. The SMILES string of the molecule is COc1cccc(CNC(=O)C2(c3ccccc3)CC2)c1. The summed E-state index contributed by atoms with van der Waals surface area (Å²) in [4.78, 5) is 12.5. The number of hydrogen-bond donors (Lipinski definition) is 1.